The van der Waals surface area contributed by atoms with Gasteiger partial charge in [0.25, 0.3) is 0 Å². The van der Waals surface area contributed by atoms with E-state index in [2.05, 4.69) is 57.3 Å². The average Bonchev–Trinajstić information content (AvgIpc) is 3.26. The van der Waals surface area contributed by atoms with E-state index in [1.165, 1.54) is 10.6 Å². The van der Waals surface area contributed by atoms with Crippen LogP contribution in [-0.4, -0.2) is 49.1 Å². The van der Waals surface area contributed by atoms with E-state index < -0.39 is 0 Å². The van der Waals surface area contributed by atoms with Crippen LogP contribution < -0.4 is 15.1 Å². The molecule has 0 spiro atoms. The number of aromatic nitrogens is 2. The van der Waals surface area contributed by atoms with Gasteiger partial charge in [0.15, 0.2) is 0 Å². The topological polar surface area (TPSA) is 61.4 Å². The zero-order chi connectivity index (χ0) is 21.6. The second kappa shape index (κ2) is 10.1. The van der Waals surface area contributed by atoms with Crippen molar-refractivity contribution in [2.45, 2.75) is 32.6 Å². The number of piperidine rings is 1. The summed E-state index contributed by atoms with van der Waals surface area (Å²) in [5, 5.41) is 4.28. The van der Waals surface area contributed by atoms with Crippen molar-refractivity contribution in [1.29, 1.82) is 0 Å². The fraction of sp³-hybridized carbons (Fsp3) is 0.458. The molecule has 1 aliphatic rings. The molecule has 1 fully saturated rings. The number of carbonyl (C=O) groups excluding carboxylic acids is 1. The third-order valence-corrected chi connectivity index (χ3v) is 7.15. The molecule has 164 valence electrons. The zero-order valence-corrected chi connectivity index (χ0v) is 19.2. The summed E-state index contributed by atoms with van der Waals surface area (Å²) >= 11 is 1.74. The number of nitrogens with one attached hydrogen (secondary N) is 1. The molecule has 1 saturated heterocycles. The SMILES string of the molecule is CCc1cc2c(N3CCCC(C(=O)NCCCN(C)c4ccccc4)C3)ncnc2s1. The maximum absolute atomic E-state index is 12.8. The highest BCUT2D eigenvalue weighted by molar-refractivity contribution is 7.18. The summed E-state index contributed by atoms with van der Waals surface area (Å²) in [5.74, 6) is 1.15. The van der Waals surface area contributed by atoms with Gasteiger partial charge >= 0.3 is 0 Å². The van der Waals surface area contributed by atoms with Gasteiger partial charge in [-0.15, -0.1) is 11.3 Å². The van der Waals surface area contributed by atoms with Gasteiger partial charge in [-0.1, -0.05) is 25.1 Å². The normalized spacial score (nSPS) is 16.5. The van der Waals surface area contributed by atoms with Crippen LogP contribution in [0.15, 0.2) is 42.7 Å². The van der Waals surface area contributed by atoms with Crippen molar-refractivity contribution in [3.8, 4) is 0 Å². The molecule has 0 radical (unpaired) electrons. The van der Waals surface area contributed by atoms with Crippen LogP contribution in [0.1, 0.15) is 31.1 Å². The van der Waals surface area contributed by atoms with Crippen LogP contribution in [0.4, 0.5) is 11.5 Å². The summed E-state index contributed by atoms with van der Waals surface area (Å²) in [6, 6.07) is 12.5. The molecule has 3 heterocycles. The first-order valence-corrected chi connectivity index (χ1v) is 12.0. The Balaban J connectivity index is 1.30. The Kier molecular flexibility index (Phi) is 7.02. The number of fused-ring (bicyclic) bond motifs is 1. The van der Waals surface area contributed by atoms with Gasteiger partial charge in [-0.05, 0) is 43.9 Å². The van der Waals surface area contributed by atoms with E-state index in [9.17, 15) is 4.79 Å². The van der Waals surface area contributed by atoms with E-state index in [1.807, 2.05) is 18.2 Å². The summed E-state index contributed by atoms with van der Waals surface area (Å²) in [6.45, 7) is 5.44. The summed E-state index contributed by atoms with van der Waals surface area (Å²) < 4.78 is 0. The zero-order valence-electron chi connectivity index (χ0n) is 18.4. The van der Waals surface area contributed by atoms with E-state index in [4.69, 9.17) is 0 Å². The van der Waals surface area contributed by atoms with E-state index >= 15 is 0 Å². The van der Waals surface area contributed by atoms with Crippen molar-refractivity contribution in [1.82, 2.24) is 15.3 Å². The largest absolute Gasteiger partial charge is 0.375 e. The Bertz CT molecular complexity index is 1010. The summed E-state index contributed by atoms with van der Waals surface area (Å²) in [5.41, 5.74) is 1.20. The summed E-state index contributed by atoms with van der Waals surface area (Å²) in [4.78, 5) is 28.7. The molecule has 3 aromatic rings. The minimum Gasteiger partial charge on any atom is -0.375 e. The Morgan fingerprint density at radius 1 is 1.29 bits per heavy atom. The van der Waals surface area contributed by atoms with Gasteiger partial charge in [-0.3, -0.25) is 4.79 Å². The number of para-hydroxylation sites is 1. The lowest BCUT2D eigenvalue weighted by atomic mass is 9.97. The van der Waals surface area contributed by atoms with Crippen LogP contribution in [-0.2, 0) is 11.2 Å². The lowest BCUT2D eigenvalue weighted by molar-refractivity contribution is -0.125. The smallest absolute Gasteiger partial charge is 0.224 e. The van der Waals surface area contributed by atoms with Crippen LogP contribution in [0, 0.1) is 5.92 Å². The van der Waals surface area contributed by atoms with Crippen LogP contribution >= 0.6 is 11.3 Å². The number of nitrogens with zero attached hydrogens (tertiary/aromatic N) is 4. The first kappa shape index (κ1) is 21.6. The number of aryl methyl sites for hydroxylation is 1. The molecule has 0 bridgehead atoms. The third kappa shape index (κ3) is 5.15. The Morgan fingerprint density at radius 2 is 2.13 bits per heavy atom. The van der Waals surface area contributed by atoms with E-state index in [1.54, 1.807) is 17.7 Å². The molecule has 31 heavy (non-hydrogen) atoms. The molecule has 1 aromatic carbocycles. The molecule has 1 N–H and O–H groups in total. The predicted molar refractivity (Wildman–Crippen MR) is 129 cm³/mol. The van der Waals surface area contributed by atoms with Crippen molar-refractivity contribution in [3.05, 3.63) is 47.6 Å². The highest BCUT2D eigenvalue weighted by Crippen LogP contribution is 2.32. The van der Waals surface area contributed by atoms with Gasteiger partial charge in [0, 0.05) is 43.8 Å². The van der Waals surface area contributed by atoms with Crippen LogP contribution in [0.5, 0.6) is 0 Å². The van der Waals surface area contributed by atoms with Gasteiger partial charge in [-0.25, -0.2) is 9.97 Å². The van der Waals surface area contributed by atoms with E-state index in [0.717, 1.165) is 61.4 Å². The standard InChI is InChI=1S/C24H31N5OS/c1-3-20-15-21-22(26-17-27-24(21)31-20)29-14-7-9-18(16-29)23(30)25-12-8-13-28(2)19-10-5-4-6-11-19/h4-6,10-11,15,17-18H,3,7-9,12-14,16H2,1-2H3,(H,25,30). The summed E-state index contributed by atoms with van der Waals surface area (Å²) in [6.07, 6.45) is 5.52. The monoisotopic (exact) mass is 437 g/mol. The van der Waals surface area contributed by atoms with Crippen molar-refractivity contribution in [2.24, 2.45) is 5.92 Å². The predicted octanol–water partition coefficient (Wildman–Crippen LogP) is 4.11. The highest BCUT2D eigenvalue weighted by atomic mass is 32.1. The summed E-state index contributed by atoms with van der Waals surface area (Å²) in [7, 11) is 2.09. The molecule has 2 aromatic heterocycles. The van der Waals surface area contributed by atoms with Crippen molar-refractivity contribution in [3.63, 3.8) is 0 Å². The van der Waals surface area contributed by atoms with Crippen molar-refractivity contribution < 1.29 is 4.79 Å². The minimum absolute atomic E-state index is 0.00917. The lowest BCUT2D eigenvalue weighted by Gasteiger charge is -2.33. The van der Waals surface area contributed by atoms with Gasteiger partial charge in [0.2, 0.25) is 5.91 Å². The second-order valence-electron chi connectivity index (χ2n) is 8.17. The Labute approximate surface area is 188 Å². The molecule has 0 saturated carbocycles. The molecule has 1 atom stereocenters. The third-order valence-electron chi connectivity index (χ3n) is 5.97. The van der Waals surface area contributed by atoms with Crippen LogP contribution in [0.3, 0.4) is 0 Å². The van der Waals surface area contributed by atoms with Gasteiger partial charge in [-0.2, -0.15) is 0 Å². The molecule has 6 nitrogen and oxygen atoms in total. The molecule has 7 heteroatoms. The molecule has 4 rings (SSSR count). The number of benzene rings is 1. The number of hydrogen-bond acceptors (Lipinski definition) is 6. The number of carbonyl (C=O) groups is 1. The number of anilines is 2. The average molecular weight is 438 g/mol. The lowest BCUT2D eigenvalue weighted by Crippen LogP contribution is -2.44. The Morgan fingerprint density at radius 3 is 2.94 bits per heavy atom. The first-order chi connectivity index (χ1) is 15.2. The fourth-order valence-electron chi connectivity index (χ4n) is 4.19. The van der Waals surface area contributed by atoms with Crippen LogP contribution in [0.2, 0.25) is 0 Å². The quantitative estimate of drug-likeness (QED) is 0.537. The molecule has 0 aliphatic carbocycles. The number of hydrogen-bond donors (Lipinski definition) is 1. The van der Waals surface area contributed by atoms with Gasteiger partial charge < -0.3 is 15.1 Å². The first-order valence-electron chi connectivity index (χ1n) is 11.2. The highest BCUT2D eigenvalue weighted by Gasteiger charge is 2.27. The molecular formula is C24H31N5OS. The number of thiophene rings is 1. The van der Waals surface area contributed by atoms with Crippen LogP contribution in [0.25, 0.3) is 10.2 Å². The Hall–Kier alpha value is -2.67. The minimum atomic E-state index is 0.00917. The molecule has 1 aliphatic heterocycles. The second-order valence-corrected chi connectivity index (χ2v) is 9.28. The van der Waals surface area contributed by atoms with Gasteiger partial charge in [0.05, 0.1) is 11.3 Å². The van der Waals surface area contributed by atoms with Crippen molar-refractivity contribution in [2.75, 3.05) is 43.0 Å². The number of rotatable bonds is 8. The van der Waals surface area contributed by atoms with E-state index in [-0.39, 0.29) is 11.8 Å². The van der Waals surface area contributed by atoms with Gasteiger partial charge in [0.1, 0.15) is 17.0 Å². The fourth-order valence-corrected chi connectivity index (χ4v) is 5.12. The molecule has 1 unspecified atom stereocenters. The maximum atomic E-state index is 12.8. The molecule has 1 amide bonds. The molecular weight excluding hydrogens is 406 g/mol. The van der Waals surface area contributed by atoms with E-state index in [0.29, 0.717) is 6.54 Å². The maximum Gasteiger partial charge on any atom is 0.224 e. The van der Waals surface area contributed by atoms with Crippen molar-refractivity contribution >= 4 is 39.0 Å². The number of amides is 1.